The van der Waals surface area contributed by atoms with Gasteiger partial charge < -0.3 is 0 Å². The summed E-state index contributed by atoms with van der Waals surface area (Å²) in [7, 11) is 0. The third-order valence-corrected chi connectivity index (χ3v) is 2.47. The molecule has 1 unspecified atom stereocenters. The fraction of sp³-hybridized carbons (Fsp3) is 0.333. The number of rotatable bonds is 3. The molecule has 1 atom stereocenters. The van der Waals surface area contributed by atoms with Gasteiger partial charge in [0.25, 0.3) is 0 Å². The van der Waals surface area contributed by atoms with Crippen LogP contribution in [0.1, 0.15) is 13.3 Å². The summed E-state index contributed by atoms with van der Waals surface area (Å²) < 4.78 is 6.63. The van der Waals surface area contributed by atoms with Gasteiger partial charge in [0.05, 0.1) is 0 Å². The van der Waals surface area contributed by atoms with Crippen LogP contribution in [0, 0.1) is 0 Å². The zero-order chi connectivity index (χ0) is 8.97. The van der Waals surface area contributed by atoms with E-state index in [2.05, 4.69) is 6.92 Å². The second-order valence-electron chi connectivity index (χ2n) is 2.54. The average molecular weight is 247 g/mol. The molecule has 1 aromatic rings. The van der Waals surface area contributed by atoms with Crippen molar-refractivity contribution >= 4 is 32.8 Å². The first-order valence-corrected chi connectivity index (χ1v) is 5.50. The van der Waals surface area contributed by atoms with E-state index in [9.17, 15) is 0 Å². The van der Waals surface area contributed by atoms with Gasteiger partial charge in [-0.3, -0.25) is 0 Å². The maximum absolute atomic E-state index is 5.95. The summed E-state index contributed by atoms with van der Waals surface area (Å²) >= 11 is 7.52. The molecule has 0 bridgehead atoms. The van der Waals surface area contributed by atoms with Gasteiger partial charge in [0.15, 0.2) is 0 Å². The molecule has 1 aromatic carbocycles. The fourth-order valence-corrected chi connectivity index (χ4v) is 1.86. The minimum absolute atomic E-state index is 0.713. The van der Waals surface area contributed by atoms with Crippen molar-refractivity contribution in [3.63, 3.8) is 0 Å². The number of hydrogen-bond acceptors (Lipinski definition) is 1. The van der Waals surface area contributed by atoms with Gasteiger partial charge in [0, 0.05) is 0 Å². The minimum atomic E-state index is 0.713. The van der Waals surface area contributed by atoms with E-state index in [4.69, 9.17) is 16.3 Å². The Kier molecular flexibility index (Phi) is 3.97. The van der Waals surface area contributed by atoms with Gasteiger partial charge in [-0.05, 0) is 0 Å². The second kappa shape index (κ2) is 4.79. The van der Waals surface area contributed by atoms with Crippen molar-refractivity contribution in [2.24, 2.45) is 0 Å². The molecule has 3 heteroatoms. The quantitative estimate of drug-likeness (QED) is 0.733. The molecule has 0 aliphatic rings. The van der Waals surface area contributed by atoms with Crippen LogP contribution in [0.25, 0.3) is 0 Å². The van der Waals surface area contributed by atoms with Crippen LogP contribution < -0.4 is 9.09 Å². The summed E-state index contributed by atoms with van der Waals surface area (Å²) in [5.74, 6) is 0.792. The summed E-state index contributed by atoms with van der Waals surface area (Å²) in [6.45, 7) is 2.80. The summed E-state index contributed by atoms with van der Waals surface area (Å²) in [6, 6.07) is 5.89. The Morgan fingerprint density at radius 1 is 1.50 bits per heavy atom. The van der Waals surface area contributed by atoms with Crippen LogP contribution in [0.2, 0.25) is 5.02 Å². The van der Waals surface area contributed by atoms with Gasteiger partial charge in [-0.25, -0.2) is 0 Å². The van der Waals surface area contributed by atoms with Gasteiger partial charge in [0.2, 0.25) is 0 Å². The maximum atomic E-state index is 5.95. The summed E-state index contributed by atoms with van der Waals surface area (Å²) in [5.41, 5.74) is 0. The number of ether oxygens (including phenoxy) is 1. The Bertz CT molecular complexity index is 263. The van der Waals surface area contributed by atoms with Crippen LogP contribution in [0.3, 0.4) is 0 Å². The van der Waals surface area contributed by atoms with Crippen LogP contribution in [-0.2, 0) is 0 Å². The van der Waals surface area contributed by atoms with Crippen molar-refractivity contribution in [1.29, 1.82) is 0 Å². The molecule has 0 radical (unpaired) electrons. The summed E-state index contributed by atoms with van der Waals surface area (Å²) in [4.78, 5) is 0. The van der Waals surface area contributed by atoms with Crippen LogP contribution in [0.5, 0.6) is 5.75 Å². The molecule has 0 amide bonds. The standard InChI is InChI=1S/C9H12AsClO/c1-2-5-12-9-4-3-7(10)6-8(9)11/h3-4,6H,2,5,10H2,1H3. The zero-order valence-corrected chi connectivity index (χ0v) is 10.2. The Labute approximate surface area is 86.6 Å². The molecular weight excluding hydrogens is 234 g/mol. The van der Waals surface area contributed by atoms with E-state index in [0.717, 1.165) is 18.8 Å². The molecule has 1 nitrogen and oxygen atoms in total. The first kappa shape index (κ1) is 9.95. The molecule has 0 aliphatic heterocycles. The summed E-state index contributed by atoms with van der Waals surface area (Å²) in [5, 5.41) is 0.713. The molecule has 0 saturated carbocycles. The number of benzene rings is 1. The van der Waals surface area contributed by atoms with E-state index in [0.29, 0.717) is 5.02 Å². The van der Waals surface area contributed by atoms with Crippen molar-refractivity contribution in [2.75, 3.05) is 6.61 Å². The first-order valence-electron chi connectivity index (χ1n) is 3.92. The van der Waals surface area contributed by atoms with E-state index in [1.54, 1.807) is 16.9 Å². The average Bonchev–Trinajstić information content (AvgIpc) is 2.03. The fourth-order valence-electron chi connectivity index (χ4n) is 0.846. The van der Waals surface area contributed by atoms with Crippen LogP contribution in [-0.4, -0.2) is 23.5 Å². The molecule has 66 valence electrons. The Balaban J connectivity index is 2.72. The topological polar surface area (TPSA) is 9.23 Å². The van der Waals surface area contributed by atoms with Crippen LogP contribution in [0.4, 0.5) is 0 Å². The van der Waals surface area contributed by atoms with Crippen molar-refractivity contribution in [3.8, 4) is 5.75 Å². The van der Waals surface area contributed by atoms with E-state index < -0.39 is 0 Å². The Morgan fingerprint density at radius 3 is 2.83 bits per heavy atom. The first-order chi connectivity index (χ1) is 5.74. The van der Waals surface area contributed by atoms with Crippen molar-refractivity contribution in [3.05, 3.63) is 23.2 Å². The SMILES string of the molecule is CCCOc1ccc([AsH2])cc1Cl. The van der Waals surface area contributed by atoms with E-state index in [1.165, 1.54) is 4.35 Å². The van der Waals surface area contributed by atoms with Gasteiger partial charge in [0.1, 0.15) is 0 Å². The van der Waals surface area contributed by atoms with E-state index >= 15 is 0 Å². The molecular formula is C9H12AsClO. The molecule has 0 aliphatic carbocycles. The third kappa shape index (κ3) is 2.73. The van der Waals surface area contributed by atoms with Crippen LogP contribution in [0.15, 0.2) is 18.2 Å². The van der Waals surface area contributed by atoms with Crippen molar-refractivity contribution in [1.82, 2.24) is 0 Å². The van der Waals surface area contributed by atoms with Gasteiger partial charge in [-0.2, -0.15) is 0 Å². The number of hydrogen-bond donors (Lipinski definition) is 0. The molecule has 0 aromatic heterocycles. The monoisotopic (exact) mass is 246 g/mol. The predicted octanol–water partition coefficient (Wildman–Crippen LogP) is 1.39. The summed E-state index contributed by atoms with van der Waals surface area (Å²) in [6.07, 6.45) is 1.01. The predicted molar refractivity (Wildman–Crippen MR) is 55.4 cm³/mol. The van der Waals surface area contributed by atoms with Crippen LogP contribution >= 0.6 is 11.6 Å². The Hall–Kier alpha value is -0.132. The van der Waals surface area contributed by atoms with Crippen molar-refractivity contribution < 1.29 is 4.74 Å². The van der Waals surface area contributed by atoms with E-state index in [-0.39, 0.29) is 0 Å². The molecule has 0 saturated heterocycles. The molecule has 1 rings (SSSR count). The molecule has 12 heavy (non-hydrogen) atoms. The molecule has 0 heterocycles. The van der Waals surface area contributed by atoms with Gasteiger partial charge in [-0.15, -0.1) is 0 Å². The normalized spacial score (nSPS) is 9.92. The molecule has 0 fully saturated rings. The second-order valence-corrected chi connectivity index (χ2v) is 4.34. The van der Waals surface area contributed by atoms with Crippen molar-refractivity contribution in [2.45, 2.75) is 13.3 Å². The molecule has 0 spiro atoms. The van der Waals surface area contributed by atoms with Gasteiger partial charge >= 0.3 is 86.5 Å². The van der Waals surface area contributed by atoms with E-state index in [1.807, 2.05) is 18.2 Å². The third-order valence-electron chi connectivity index (χ3n) is 1.42. The van der Waals surface area contributed by atoms with Gasteiger partial charge in [-0.1, -0.05) is 0 Å². The number of halogens is 1. The Morgan fingerprint density at radius 2 is 2.25 bits per heavy atom. The molecule has 0 N–H and O–H groups in total. The zero-order valence-electron chi connectivity index (χ0n) is 7.01.